The molecule has 134 valence electrons. The lowest BCUT2D eigenvalue weighted by Crippen LogP contribution is -2.52. The van der Waals surface area contributed by atoms with Crippen LogP contribution in [0.4, 0.5) is 0 Å². The van der Waals surface area contributed by atoms with Gasteiger partial charge in [0, 0.05) is 38.3 Å². The van der Waals surface area contributed by atoms with E-state index in [9.17, 15) is 4.79 Å². The third kappa shape index (κ3) is 3.64. The minimum Gasteiger partial charge on any atom is -0.378 e. The normalized spacial score (nSPS) is 23.6. The molecule has 1 atom stereocenters. The van der Waals surface area contributed by atoms with E-state index >= 15 is 0 Å². The topological polar surface area (TPSA) is 64.8 Å². The van der Waals surface area contributed by atoms with Crippen LogP contribution in [0.3, 0.4) is 0 Å². The van der Waals surface area contributed by atoms with Gasteiger partial charge in [-0.1, -0.05) is 5.16 Å². The lowest BCUT2D eigenvalue weighted by molar-refractivity contribution is -0.160. The van der Waals surface area contributed by atoms with Crippen molar-refractivity contribution in [1.29, 1.82) is 0 Å². The first-order valence-corrected chi connectivity index (χ1v) is 8.98. The predicted molar refractivity (Wildman–Crippen MR) is 88.8 cm³/mol. The molecule has 2 fully saturated rings. The Morgan fingerprint density at radius 3 is 2.75 bits per heavy atom. The van der Waals surface area contributed by atoms with E-state index in [1.54, 1.807) is 0 Å². The molecule has 6 heteroatoms. The summed E-state index contributed by atoms with van der Waals surface area (Å²) in [6.45, 7) is 8.80. The van der Waals surface area contributed by atoms with Crippen molar-refractivity contribution >= 4 is 5.91 Å². The molecule has 1 unspecified atom stereocenters. The van der Waals surface area contributed by atoms with Gasteiger partial charge in [0.05, 0.1) is 23.8 Å². The van der Waals surface area contributed by atoms with Crippen LogP contribution in [-0.4, -0.2) is 54.0 Å². The van der Waals surface area contributed by atoms with E-state index in [0.29, 0.717) is 12.5 Å². The molecule has 0 aliphatic carbocycles. The van der Waals surface area contributed by atoms with Gasteiger partial charge in [0.25, 0.3) is 0 Å². The van der Waals surface area contributed by atoms with Crippen LogP contribution in [0.1, 0.15) is 49.6 Å². The Morgan fingerprint density at radius 1 is 1.38 bits per heavy atom. The molecule has 0 bridgehead atoms. The van der Waals surface area contributed by atoms with Crippen molar-refractivity contribution in [3.8, 4) is 0 Å². The van der Waals surface area contributed by atoms with Gasteiger partial charge in [-0.05, 0) is 40.0 Å². The summed E-state index contributed by atoms with van der Waals surface area (Å²) in [5.41, 5.74) is 1.63. The van der Waals surface area contributed by atoms with Crippen LogP contribution < -0.4 is 0 Å². The monoisotopic (exact) mass is 336 g/mol. The van der Waals surface area contributed by atoms with Crippen LogP contribution in [0.2, 0.25) is 0 Å². The Labute approximate surface area is 143 Å². The highest BCUT2D eigenvalue weighted by molar-refractivity contribution is 5.79. The van der Waals surface area contributed by atoms with Crippen molar-refractivity contribution in [1.82, 2.24) is 10.1 Å². The van der Waals surface area contributed by atoms with Crippen molar-refractivity contribution in [2.75, 3.05) is 26.3 Å². The average molecular weight is 336 g/mol. The fourth-order valence-electron chi connectivity index (χ4n) is 3.89. The van der Waals surface area contributed by atoms with E-state index in [1.165, 1.54) is 0 Å². The summed E-state index contributed by atoms with van der Waals surface area (Å²) in [5, 5.41) is 3.93. The summed E-state index contributed by atoms with van der Waals surface area (Å²) < 4.78 is 17.1. The van der Waals surface area contributed by atoms with Crippen LogP contribution in [0, 0.1) is 13.8 Å². The summed E-state index contributed by atoms with van der Waals surface area (Å²) >= 11 is 0. The molecule has 3 heterocycles. The Balaban J connectivity index is 1.55. The molecule has 2 saturated heterocycles. The first kappa shape index (κ1) is 17.4. The minimum atomic E-state index is -0.0993. The standard InChI is InChI=1S/C18H28N2O4/c1-4-22-15-5-10-23-18(12-15)6-8-20(9-7-18)17(21)11-16-13(2)19-24-14(16)3/h15H,4-12H2,1-3H3. The molecule has 2 aliphatic heterocycles. The Kier molecular flexibility index (Phi) is 5.25. The molecule has 1 amide bonds. The smallest absolute Gasteiger partial charge is 0.227 e. The Hall–Kier alpha value is -1.40. The fraction of sp³-hybridized carbons (Fsp3) is 0.778. The predicted octanol–water partition coefficient (Wildman–Crippen LogP) is 2.41. The number of piperidine rings is 1. The SMILES string of the molecule is CCOC1CCOC2(CCN(C(=O)Cc3c(C)noc3C)CC2)C1. The molecule has 0 radical (unpaired) electrons. The molecule has 0 saturated carbocycles. The molecule has 1 spiro atoms. The highest BCUT2D eigenvalue weighted by atomic mass is 16.5. The minimum absolute atomic E-state index is 0.0993. The van der Waals surface area contributed by atoms with Gasteiger partial charge < -0.3 is 18.9 Å². The fourth-order valence-corrected chi connectivity index (χ4v) is 3.89. The molecule has 1 aromatic rings. The Bertz CT molecular complexity index is 554. The highest BCUT2D eigenvalue weighted by Crippen LogP contribution is 2.36. The Morgan fingerprint density at radius 2 is 2.12 bits per heavy atom. The van der Waals surface area contributed by atoms with Gasteiger partial charge in [-0.15, -0.1) is 0 Å². The number of carbonyl (C=O) groups is 1. The number of hydrogen-bond acceptors (Lipinski definition) is 5. The van der Waals surface area contributed by atoms with E-state index in [4.69, 9.17) is 14.0 Å². The number of rotatable bonds is 4. The van der Waals surface area contributed by atoms with Crippen LogP contribution in [0.15, 0.2) is 4.52 Å². The largest absolute Gasteiger partial charge is 0.378 e. The zero-order valence-electron chi connectivity index (χ0n) is 15.0. The molecule has 3 rings (SSSR count). The van der Waals surface area contributed by atoms with Crippen LogP contribution in [0.25, 0.3) is 0 Å². The molecule has 1 aromatic heterocycles. The maximum atomic E-state index is 12.6. The number of carbonyl (C=O) groups excluding carboxylic acids is 1. The van der Waals surface area contributed by atoms with Gasteiger partial charge in [0.2, 0.25) is 5.91 Å². The summed E-state index contributed by atoms with van der Waals surface area (Å²) in [6, 6.07) is 0. The molecule has 6 nitrogen and oxygen atoms in total. The second-order valence-corrected chi connectivity index (χ2v) is 6.96. The lowest BCUT2D eigenvalue weighted by atomic mass is 9.83. The maximum Gasteiger partial charge on any atom is 0.227 e. The second-order valence-electron chi connectivity index (χ2n) is 6.96. The van der Waals surface area contributed by atoms with E-state index < -0.39 is 0 Å². The van der Waals surface area contributed by atoms with Crippen molar-refractivity contribution in [3.63, 3.8) is 0 Å². The first-order valence-electron chi connectivity index (χ1n) is 8.98. The van der Waals surface area contributed by atoms with Gasteiger partial charge in [-0.25, -0.2) is 0 Å². The number of aryl methyl sites for hydroxylation is 2. The van der Waals surface area contributed by atoms with Gasteiger partial charge in [0.1, 0.15) is 5.76 Å². The van der Waals surface area contributed by atoms with Gasteiger partial charge >= 0.3 is 0 Å². The van der Waals surface area contributed by atoms with Crippen LogP contribution in [0.5, 0.6) is 0 Å². The maximum absolute atomic E-state index is 12.6. The van der Waals surface area contributed by atoms with E-state index in [1.807, 2.05) is 25.7 Å². The first-order chi connectivity index (χ1) is 11.5. The highest BCUT2D eigenvalue weighted by Gasteiger charge is 2.41. The van der Waals surface area contributed by atoms with Gasteiger partial charge in [0.15, 0.2) is 0 Å². The summed E-state index contributed by atoms with van der Waals surface area (Å²) in [5.74, 6) is 0.890. The number of amides is 1. The van der Waals surface area contributed by atoms with E-state index in [0.717, 1.165) is 69.0 Å². The quantitative estimate of drug-likeness (QED) is 0.845. The number of ether oxygens (including phenoxy) is 2. The average Bonchev–Trinajstić information content (AvgIpc) is 2.88. The van der Waals surface area contributed by atoms with Crippen molar-refractivity contribution in [3.05, 3.63) is 17.0 Å². The lowest BCUT2D eigenvalue weighted by Gasteiger charge is -2.46. The van der Waals surface area contributed by atoms with Crippen LogP contribution in [-0.2, 0) is 20.7 Å². The van der Waals surface area contributed by atoms with Crippen molar-refractivity contribution in [2.24, 2.45) is 0 Å². The van der Waals surface area contributed by atoms with Crippen molar-refractivity contribution in [2.45, 2.75) is 64.6 Å². The molecule has 0 aromatic carbocycles. The summed E-state index contributed by atoms with van der Waals surface area (Å²) in [4.78, 5) is 14.5. The molecule has 2 aliphatic rings. The van der Waals surface area contributed by atoms with Crippen LogP contribution >= 0.6 is 0 Å². The van der Waals surface area contributed by atoms with Crippen molar-refractivity contribution < 1.29 is 18.8 Å². The van der Waals surface area contributed by atoms with Gasteiger partial charge in [-0.2, -0.15) is 0 Å². The number of likely N-dealkylation sites (tertiary alicyclic amines) is 1. The zero-order chi connectivity index (χ0) is 17.2. The van der Waals surface area contributed by atoms with E-state index in [-0.39, 0.29) is 11.5 Å². The summed E-state index contributed by atoms with van der Waals surface area (Å²) in [6.07, 6.45) is 4.38. The second kappa shape index (κ2) is 7.23. The molecule has 0 N–H and O–H groups in total. The van der Waals surface area contributed by atoms with E-state index in [2.05, 4.69) is 5.16 Å². The third-order valence-corrected chi connectivity index (χ3v) is 5.39. The molecule has 24 heavy (non-hydrogen) atoms. The number of aromatic nitrogens is 1. The summed E-state index contributed by atoms with van der Waals surface area (Å²) in [7, 11) is 0. The zero-order valence-corrected chi connectivity index (χ0v) is 15.0. The van der Waals surface area contributed by atoms with Gasteiger partial charge in [-0.3, -0.25) is 4.79 Å². The molecular weight excluding hydrogens is 308 g/mol. The third-order valence-electron chi connectivity index (χ3n) is 5.39. The molecular formula is C18H28N2O4. The number of nitrogens with zero attached hydrogens (tertiary/aromatic N) is 2. The number of hydrogen-bond donors (Lipinski definition) is 0.